The highest BCUT2D eigenvalue weighted by Crippen LogP contribution is 2.13. The number of likely N-dealkylation sites (tertiary alicyclic amines) is 1. The van der Waals surface area contributed by atoms with Crippen LogP contribution >= 0.6 is 0 Å². The van der Waals surface area contributed by atoms with E-state index in [0.717, 1.165) is 6.42 Å². The number of aromatic nitrogens is 3. The first-order valence-electron chi connectivity index (χ1n) is 4.74. The van der Waals surface area contributed by atoms with Crippen LogP contribution in [0.3, 0.4) is 0 Å². The maximum Gasteiger partial charge on any atom is 0.409 e. The topological polar surface area (TPSA) is 83.1 Å². The Hall–Kier alpha value is -1.79. The number of aromatic amines is 1. The Balaban J connectivity index is 1.85. The highest BCUT2D eigenvalue weighted by molar-refractivity contribution is 5.67. The largest absolute Gasteiger partial charge is 0.453 e. The number of hydrogen-bond donors (Lipinski definition) is 2. The highest BCUT2D eigenvalue weighted by Gasteiger charge is 2.26. The highest BCUT2D eigenvalue weighted by atomic mass is 16.5. The van der Waals surface area contributed by atoms with Crippen LogP contribution in [-0.4, -0.2) is 52.4 Å². The third-order valence-corrected chi connectivity index (χ3v) is 2.38. The van der Waals surface area contributed by atoms with Crippen LogP contribution < -0.4 is 5.32 Å². The van der Waals surface area contributed by atoms with Crippen molar-refractivity contribution in [1.82, 2.24) is 20.1 Å². The smallest absolute Gasteiger partial charge is 0.409 e. The van der Waals surface area contributed by atoms with Crippen LogP contribution in [0.1, 0.15) is 6.42 Å². The van der Waals surface area contributed by atoms with Gasteiger partial charge < -0.3 is 15.0 Å². The molecule has 7 nitrogen and oxygen atoms in total. The fraction of sp³-hybridized carbons (Fsp3) is 0.625. The molecule has 0 spiro atoms. The van der Waals surface area contributed by atoms with E-state index in [4.69, 9.17) is 0 Å². The summed E-state index contributed by atoms with van der Waals surface area (Å²) in [6, 6.07) is 0.206. The molecule has 2 heterocycles. The number of amides is 1. The molecule has 1 aromatic heterocycles. The van der Waals surface area contributed by atoms with Gasteiger partial charge in [-0.3, -0.25) is 0 Å². The molecule has 1 fully saturated rings. The molecule has 2 N–H and O–H groups in total. The predicted octanol–water partition coefficient (Wildman–Crippen LogP) is 0.0573. The molecule has 0 radical (unpaired) electrons. The Bertz CT molecular complexity index is 326. The van der Waals surface area contributed by atoms with Crippen LogP contribution in [0.15, 0.2) is 6.33 Å². The van der Waals surface area contributed by atoms with Crippen molar-refractivity contribution < 1.29 is 9.53 Å². The van der Waals surface area contributed by atoms with Gasteiger partial charge in [-0.05, 0) is 6.42 Å². The first kappa shape index (κ1) is 9.75. The quantitative estimate of drug-likeness (QED) is 0.722. The number of ether oxygens (including phenoxy) is 1. The fourth-order valence-electron chi connectivity index (χ4n) is 1.64. The molecule has 2 rings (SSSR count). The van der Waals surface area contributed by atoms with Crippen LogP contribution in [0.2, 0.25) is 0 Å². The number of nitrogens with one attached hydrogen (secondary N) is 2. The number of methoxy groups -OCH3 is 1. The molecule has 0 aromatic carbocycles. The average molecular weight is 211 g/mol. The van der Waals surface area contributed by atoms with Gasteiger partial charge in [0, 0.05) is 19.1 Å². The maximum absolute atomic E-state index is 11.2. The van der Waals surface area contributed by atoms with E-state index in [-0.39, 0.29) is 12.1 Å². The van der Waals surface area contributed by atoms with Crippen LogP contribution in [0.4, 0.5) is 10.7 Å². The standard InChI is InChI=1S/C8H13N5O2/c1-15-8(14)13-3-2-6(4-13)11-7-9-5-10-12-7/h5-6H,2-4H2,1H3,(H2,9,10,11,12). The number of carbonyl (C=O) groups excluding carboxylic acids is 1. The first-order chi connectivity index (χ1) is 7.29. The van der Waals surface area contributed by atoms with Gasteiger partial charge in [-0.1, -0.05) is 0 Å². The summed E-state index contributed by atoms with van der Waals surface area (Å²) in [5.74, 6) is 0.631. The van der Waals surface area contributed by atoms with Gasteiger partial charge in [0.25, 0.3) is 0 Å². The molecule has 1 atom stereocenters. The summed E-state index contributed by atoms with van der Waals surface area (Å²) in [7, 11) is 1.39. The molecule has 15 heavy (non-hydrogen) atoms. The lowest BCUT2D eigenvalue weighted by Crippen LogP contribution is -2.31. The number of anilines is 1. The summed E-state index contributed by atoms with van der Waals surface area (Å²) in [4.78, 5) is 16.8. The summed E-state index contributed by atoms with van der Waals surface area (Å²) >= 11 is 0. The van der Waals surface area contributed by atoms with Gasteiger partial charge in [-0.25, -0.2) is 14.9 Å². The van der Waals surface area contributed by atoms with Gasteiger partial charge in [0.05, 0.1) is 7.11 Å². The summed E-state index contributed by atoms with van der Waals surface area (Å²) in [6.45, 7) is 1.34. The van der Waals surface area contributed by atoms with Crippen LogP contribution in [0, 0.1) is 0 Å². The second-order valence-corrected chi connectivity index (χ2v) is 3.38. The number of nitrogens with zero attached hydrogens (tertiary/aromatic N) is 3. The zero-order valence-corrected chi connectivity index (χ0v) is 8.43. The summed E-state index contributed by atoms with van der Waals surface area (Å²) in [5.41, 5.74) is 0. The van der Waals surface area contributed by atoms with E-state index in [2.05, 4.69) is 25.2 Å². The molecule has 1 aliphatic rings. The molecule has 0 saturated carbocycles. The lowest BCUT2D eigenvalue weighted by Gasteiger charge is -2.14. The van der Waals surface area contributed by atoms with Gasteiger partial charge in [-0.2, -0.15) is 5.10 Å². The van der Waals surface area contributed by atoms with E-state index >= 15 is 0 Å². The molecule has 1 unspecified atom stereocenters. The summed E-state index contributed by atoms with van der Waals surface area (Å²) in [6.07, 6.45) is 2.04. The van der Waals surface area contributed by atoms with Crippen molar-refractivity contribution in [3.63, 3.8) is 0 Å². The van der Waals surface area contributed by atoms with Crippen molar-refractivity contribution in [1.29, 1.82) is 0 Å². The van der Waals surface area contributed by atoms with Crippen molar-refractivity contribution in [2.75, 3.05) is 25.5 Å². The number of rotatable bonds is 2. The first-order valence-corrected chi connectivity index (χ1v) is 4.74. The van der Waals surface area contributed by atoms with Crippen LogP contribution in [0.5, 0.6) is 0 Å². The summed E-state index contributed by atoms with van der Waals surface area (Å²) in [5, 5.41) is 9.60. The van der Waals surface area contributed by atoms with E-state index in [1.807, 2.05) is 0 Å². The molecule has 0 aliphatic carbocycles. The Morgan fingerprint density at radius 3 is 3.33 bits per heavy atom. The Labute approximate surface area is 86.8 Å². The maximum atomic E-state index is 11.2. The van der Waals surface area contributed by atoms with Crippen molar-refractivity contribution in [2.24, 2.45) is 0 Å². The molecular weight excluding hydrogens is 198 g/mol. The number of carbonyl (C=O) groups is 1. The fourth-order valence-corrected chi connectivity index (χ4v) is 1.64. The third kappa shape index (κ3) is 2.17. The van der Waals surface area contributed by atoms with Gasteiger partial charge in [-0.15, -0.1) is 0 Å². The van der Waals surface area contributed by atoms with Gasteiger partial charge in [0.2, 0.25) is 5.95 Å². The number of hydrogen-bond acceptors (Lipinski definition) is 5. The third-order valence-electron chi connectivity index (χ3n) is 2.38. The zero-order chi connectivity index (χ0) is 10.7. The van der Waals surface area contributed by atoms with E-state index in [1.54, 1.807) is 4.90 Å². The minimum atomic E-state index is -0.281. The van der Waals surface area contributed by atoms with Crippen molar-refractivity contribution in [2.45, 2.75) is 12.5 Å². The van der Waals surface area contributed by atoms with E-state index in [9.17, 15) is 4.79 Å². The Kier molecular flexibility index (Phi) is 2.70. The molecule has 1 aliphatic heterocycles. The Morgan fingerprint density at radius 1 is 1.80 bits per heavy atom. The second kappa shape index (κ2) is 4.16. The molecule has 0 bridgehead atoms. The number of H-pyrrole nitrogens is 1. The Morgan fingerprint density at radius 2 is 2.67 bits per heavy atom. The normalized spacial score (nSPS) is 20.3. The minimum absolute atomic E-state index is 0.206. The molecule has 1 amide bonds. The molecular formula is C8H13N5O2. The molecule has 82 valence electrons. The van der Waals surface area contributed by atoms with E-state index in [0.29, 0.717) is 19.0 Å². The van der Waals surface area contributed by atoms with Crippen molar-refractivity contribution in [3.8, 4) is 0 Å². The van der Waals surface area contributed by atoms with Gasteiger partial charge in [0.15, 0.2) is 0 Å². The predicted molar refractivity (Wildman–Crippen MR) is 52.4 cm³/mol. The van der Waals surface area contributed by atoms with Gasteiger partial charge >= 0.3 is 6.09 Å². The van der Waals surface area contributed by atoms with E-state index in [1.165, 1.54) is 13.4 Å². The lowest BCUT2D eigenvalue weighted by molar-refractivity contribution is 0.132. The van der Waals surface area contributed by atoms with Crippen LogP contribution in [-0.2, 0) is 4.74 Å². The SMILES string of the molecule is COC(=O)N1CCC(Nc2ncn[nH]2)C1. The van der Waals surface area contributed by atoms with E-state index < -0.39 is 0 Å². The average Bonchev–Trinajstić information content (AvgIpc) is 2.88. The second-order valence-electron chi connectivity index (χ2n) is 3.38. The van der Waals surface area contributed by atoms with Gasteiger partial charge in [0.1, 0.15) is 6.33 Å². The molecule has 1 aromatic rings. The minimum Gasteiger partial charge on any atom is -0.453 e. The lowest BCUT2D eigenvalue weighted by atomic mass is 10.3. The zero-order valence-electron chi connectivity index (χ0n) is 8.43. The van der Waals surface area contributed by atoms with Crippen molar-refractivity contribution >= 4 is 12.0 Å². The van der Waals surface area contributed by atoms with Crippen molar-refractivity contribution in [3.05, 3.63) is 6.33 Å². The molecule has 1 saturated heterocycles. The summed E-state index contributed by atoms with van der Waals surface area (Å²) < 4.78 is 4.64. The molecule has 7 heteroatoms. The monoisotopic (exact) mass is 211 g/mol. The van der Waals surface area contributed by atoms with Crippen LogP contribution in [0.25, 0.3) is 0 Å².